The van der Waals surface area contributed by atoms with E-state index < -0.39 is 27.8 Å². The second kappa shape index (κ2) is 10.5. The van der Waals surface area contributed by atoms with Crippen LogP contribution in [0, 0.1) is 0 Å². The van der Waals surface area contributed by atoms with Crippen molar-refractivity contribution >= 4 is 27.8 Å². The zero-order valence-electron chi connectivity index (χ0n) is 24.4. The maximum absolute atomic E-state index is 7.06. The Morgan fingerprint density at radius 3 is 0.838 bits per heavy atom. The fraction of sp³-hybridized carbons (Fsp3) is 0.400. The van der Waals surface area contributed by atoms with Crippen molar-refractivity contribution in [2.45, 2.75) is 18.5 Å². The van der Waals surface area contributed by atoms with Gasteiger partial charge in [0.1, 0.15) is 0 Å². The van der Waals surface area contributed by atoms with Crippen LogP contribution in [0.4, 0.5) is 0 Å². The normalized spacial score (nSPS) is 16.0. The molecule has 0 radical (unpaired) electrons. The van der Waals surface area contributed by atoms with E-state index >= 15 is 0 Å². The molecule has 3 aromatic rings. The Balaban J connectivity index is 1.93. The van der Waals surface area contributed by atoms with Gasteiger partial charge in [0.25, 0.3) is 0 Å². The Bertz CT molecular complexity index is 1010. The van der Waals surface area contributed by atoms with Crippen LogP contribution < -0.4 is 0 Å². The molecular formula is C30H48BO3P3. The van der Waals surface area contributed by atoms with E-state index in [1.807, 2.05) is 0 Å². The second-order valence-electron chi connectivity index (χ2n) is 14.4. The van der Waals surface area contributed by atoms with Crippen LogP contribution in [0.25, 0.3) is 0 Å². The maximum atomic E-state index is 7.06. The summed E-state index contributed by atoms with van der Waals surface area (Å²) < 4.78 is 21.2. The molecule has 37 heavy (non-hydrogen) atoms. The molecule has 0 spiro atoms. The first kappa shape index (κ1) is 30.4. The van der Waals surface area contributed by atoms with Gasteiger partial charge in [0, 0.05) is 0 Å². The fourth-order valence-electron chi connectivity index (χ4n) is 4.74. The summed E-state index contributed by atoms with van der Waals surface area (Å²) in [6.45, 7) is 12.5. The molecule has 0 atom stereocenters. The summed E-state index contributed by atoms with van der Waals surface area (Å²) >= 11 is 0. The van der Waals surface area contributed by atoms with Gasteiger partial charge >= 0.3 is 227 Å². The fourth-order valence-corrected chi connectivity index (χ4v) is 11.7. The average Bonchev–Trinajstić information content (AvgIpc) is 2.72. The van der Waals surface area contributed by atoms with Crippen molar-refractivity contribution in [1.29, 1.82) is 0 Å². The van der Waals surface area contributed by atoms with Crippen LogP contribution in [0.5, 0.6) is 0 Å². The van der Waals surface area contributed by atoms with Gasteiger partial charge in [-0.2, -0.15) is 0 Å². The van der Waals surface area contributed by atoms with Gasteiger partial charge in [-0.25, -0.2) is 0 Å². The van der Waals surface area contributed by atoms with Crippen molar-refractivity contribution in [3.63, 3.8) is 0 Å². The topological polar surface area (TPSA) is 27.7 Å². The molecule has 0 saturated carbocycles. The molecule has 0 heterocycles. The molecule has 7 heteroatoms. The summed E-state index contributed by atoms with van der Waals surface area (Å²) in [4.78, 5) is 0. The van der Waals surface area contributed by atoms with Crippen LogP contribution in [-0.2, 0) is 31.8 Å². The van der Waals surface area contributed by atoms with Gasteiger partial charge in [-0.1, -0.05) is 0 Å². The Kier molecular flexibility index (Phi) is 8.61. The van der Waals surface area contributed by atoms with E-state index in [1.165, 1.54) is 16.7 Å². The van der Waals surface area contributed by atoms with Crippen LogP contribution >= 0.6 is 20.5 Å². The van der Waals surface area contributed by atoms with Crippen molar-refractivity contribution in [1.82, 2.24) is 0 Å². The number of hydrogen-bond acceptors (Lipinski definition) is 3. The zero-order valence-corrected chi connectivity index (χ0v) is 27.1. The van der Waals surface area contributed by atoms with E-state index in [9.17, 15) is 0 Å². The predicted molar refractivity (Wildman–Crippen MR) is 174 cm³/mol. The second-order valence-corrected chi connectivity index (χ2v) is 33.8. The Morgan fingerprint density at radius 2 is 0.622 bits per heavy atom. The molecular weight excluding hydrogens is 512 g/mol. The summed E-state index contributed by atoms with van der Waals surface area (Å²) in [6, 6.07) is 31.9. The first-order chi connectivity index (χ1) is 16.8. The molecule has 0 bridgehead atoms. The predicted octanol–water partition coefficient (Wildman–Crippen LogP) is 8.69. The molecule has 0 aromatic heterocycles. The van der Waals surface area contributed by atoms with Gasteiger partial charge in [-0.15, -0.1) is 0 Å². The molecule has 204 valence electrons. The standard InChI is InChI=1S/C30H48BO3P3/c1-35(2,3,25-28-19-13-10-14-20-28)32-31(33-36(4,5,6)26-29-21-15-11-16-22-29)34-37(7,8,9)27-30-23-17-12-18-24-30/h10-24H,25-27H2,1-9H3. The van der Waals surface area contributed by atoms with E-state index in [0.29, 0.717) is 0 Å². The number of benzene rings is 3. The Hall–Kier alpha value is -1.11. The number of rotatable bonds is 12. The van der Waals surface area contributed by atoms with Crippen molar-refractivity contribution in [3.05, 3.63) is 108 Å². The molecule has 3 aromatic carbocycles. The third-order valence-corrected chi connectivity index (χ3v) is 13.3. The third-order valence-electron chi connectivity index (χ3n) is 6.12. The van der Waals surface area contributed by atoms with Gasteiger partial charge in [0.15, 0.2) is 0 Å². The molecule has 0 saturated heterocycles. The van der Waals surface area contributed by atoms with Crippen LogP contribution in [0.15, 0.2) is 91.0 Å². The van der Waals surface area contributed by atoms with Crippen molar-refractivity contribution in [2.24, 2.45) is 0 Å². The molecule has 0 N–H and O–H groups in total. The first-order valence-electron chi connectivity index (χ1n) is 13.0. The van der Waals surface area contributed by atoms with E-state index in [2.05, 4.69) is 151 Å². The van der Waals surface area contributed by atoms with E-state index in [1.54, 1.807) is 0 Å². The van der Waals surface area contributed by atoms with Crippen LogP contribution in [0.1, 0.15) is 16.7 Å². The van der Waals surface area contributed by atoms with Crippen LogP contribution in [-0.4, -0.2) is 67.3 Å². The van der Waals surface area contributed by atoms with Gasteiger partial charge in [0.05, 0.1) is 0 Å². The minimum absolute atomic E-state index is 0.732. The molecule has 0 aliphatic carbocycles. The van der Waals surface area contributed by atoms with Crippen LogP contribution in [0.3, 0.4) is 0 Å². The monoisotopic (exact) mass is 560 g/mol. The summed E-state index contributed by atoms with van der Waals surface area (Å²) in [6.07, 6.45) is 2.60. The molecule has 0 aliphatic heterocycles. The molecule has 0 aliphatic rings. The van der Waals surface area contributed by atoms with Crippen molar-refractivity contribution in [3.8, 4) is 0 Å². The van der Waals surface area contributed by atoms with Gasteiger partial charge < -0.3 is 0 Å². The molecule has 3 rings (SSSR count). The zero-order chi connectivity index (χ0) is 27.5. The summed E-state index contributed by atoms with van der Waals surface area (Å²) in [5, 5.41) is 0. The Morgan fingerprint density at radius 1 is 0.405 bits per heavy atom. The van der Waals surface area contributed by atoms with Crippen molar-refractivity contribution < 1.29 is 13.3 Å². The van der Waals surface area contributed by atoms with Crippen LogP contribution in [0.2, 0.25) is 0 Å². The summed E-state index contributed by atoms with van der Waals surface area (Å²) in [7, 11) is -0.732. The molecule has 0 unspecified atom stereocenters. The van der Waals surface area contributed by atoms with Gasteiger partial charge in [0.2, 0.25) is 0 Å². The first-order valence-corrected chi connectivity index (χ1v) is 24.1. The number of hydrogen-bond donors (Lipinski definition) is 0. The SMILES string of the molecule is CP(C)(C)(Cc1ccccc1)OB(OP(C)(C)(C)Cc1ccccc1)OP(C)(C)(C)Cc1ccccc1. The Labute approximate surface area is 226 Å². The van der Waals surface area contributed by atoms with E-state index in [0.717, 1.165) is 18.5 Å². The average molecular weight is 560 g/mol. The third kappa shape index (κ3) is 10.9. The summed E-state index contributed by atoms with van der Waals surface area (Å²) in [5.74, 6) is 0. The molecule has 0 amide bonds. The van der Waals surface area contributed by atoms with E-state index in [-0.39, 0.29) is 0 Å². The van der Waals surface area contributed by atoms with E-state index in [4.69, 9.17) is 13.3 Å². The van der Waals surface area contributed by atoms with Gasteiger partial charge in [-0.05, 0) is 0 Å². The minimum atomic E-state index is -2.66. The quantitative estimate of drug-likeness (QED) is 0.164. The van der Waals surface area contributed by atoms with Gasteiger partial charge in [-0.3, -0.25) is 0 Å². The van der Waals surface area contributed by atoms with Crippen molar-refractivity contribution in [2.75, 3.05) is 60.0 Å². The molecule has 0 fully saturated rings. The summed E-state index contributed by atoms with van der Waals surface area (Å²) in [5.41, 5.74) is 3.84. The molecule has 3 nitrogen and oxygen atoms in total.